The van der Waals surface area contributed by atoms with Gasteiger partial charge in [0.1, 0.15) is 17.1 Å². The van der Waals surface area contributed by atoms with Crippen molar-refractivity contribution in [3.63, 3.8) is 0 Å². The van der Waals surface area contributed by atoms with E-state index < -0.39 is 0 Å². The number of likely N-dealkylation sites (tertiary alicyclic amines) is 1. The van der Waals surface area contributed by atoms with Crippen LogP contribution in [-0.2, 0) is 4.79 Å². The lowest BCUT2D eigenvalue weighted by molar-refractivity contribution is -0.125. The molecule has 1 amide bonds. The van der Waals surface area contributed by atoms with Crippen LogP contribution >= 0.6 is 0 Å². The smallest absolute Gasteiger partial charge is 0.246 e. The molecule has 0 aliphatic carbocycles. The molecule has 0 bridgehead atoms. The molecule has 0 radical (unpaired) electrons. The number of hydrogen-bond donors (Lipinski definition) is 0. The van der Waals surface area contributed by atoms with E-state index in [1.54, 1.807) is 12.3 Å². The summed E-state index contributed by atoms with van der Waals surface area (Å²) in [5, 5.41) is 0.993. The summed E-state index contributed by atoms with van der Waals surface area (Å²) in [6.45, 7) is 8.77. The molecule has 5 heteroatoms. The van der Waals surface area contributed by atoms with Gasteiger partial charge in [0.15, 0.2) is 0 Å². The fourth-order valence-electron chi connectivity index (χ4n) is 4.40. The van der Waals surface area contributed by atoms with Gasteiger partial charge in [0, 0.05) is 41.7 Å². The molecule has 1 aromatic heterocycles. The summed E-state index contributed by atoms with van der Waals surface area (Å²) >= 11 is 0. The normalized spacial score (nSPS) is 14.9. The Kier molecular flexibility index (Phi) is 7.38. The molecular formula is C28H33NO4. The van der Waals surface area contributed by atoms with E-state index in [-0.39, 0.29) is 5.91 Å². The fourth-order valence-corrected chi connectivity index (χ4v) is 4.40. The van der Waals surface area contributed by atoms with E-state index in [4.69, 9.17) is 13.9 Å². The maximum absolute atomic E-state index is 13.0. The van der Waals surface area contributed by atoms with Crippen LogP contribution < -0.4 is 9.47 Å². The third-order valence-electron chi connectivity index (χ3n) is 6.13. The summed E-state index contributed by atoms with van der Waals surface area (Å²) in [5.74, 6) is 1.66. The van der Waals surface area contributed by atoms with Gasteiger partial charge in [-0.25, -0.2) is 0 Å². The van der Waals surface area contributed by atoms with Crippen molar-refractivity contribution in [2.24, 2.45) is 0 Å². The van der Waals surface area contributed by atoms with E-state index in [1.165, 1.54) is 12.8 Å². The van der Waals surface area contributed by atoms with Crippen molar-refractivity contribution in [1.82, 2.24) is 4.90 Å². The number of amides is 1. The standard InChI is InChI=1S/C28H33NO4/c1-4-31-22-12-10-21(11-13-22)25-19-33-27-18-26(32-5-2)23(17-24(25)27)20(3)16-28(30)29-14-8-6-7-9-15-29/h10-13,16-19H,4-9,14-15H2,1-3H3/b20-16+. The van der Waals surface area contributed by atoms with Crippen LogP contribution in [0.5, 0.6) is 11.5 Å². The molecule has 0 atom stereocenters. The molecule has 0 N–H and O–H groups in total. The molecule has 0 spiro atoms. The summed E-state index contributed by atoms with van der Waals surface area (Å²) in [5.41, 5.74) is 4.63. The first-order valence-corrected chi connectivity index (χ1v) is 12.0. The summed E-state index contributed by atoms with van der Waals surface area (Å²) in [6, 6.07) is 12.0. The zero-order valence-electron chi connectivity index (χ0n) is 19.9. The number of carbonyl (C=O) groups excluding carboxylic acids is 1. The predicted octanol–water partition coefficient (Wildman–Crippen LogP) is 6.70. The Labute approximate surface area is 196 Å². The summed E-state index contributed by atoms with van der Waals surface area (Å²) in [7, 11) is 0. The van der Waals surface area contributed by atoms with Crippen molar-refractivity contribution in [2.75, 3.05) is 26.3 Å². The van der Waals surface area contributed by atoms with E-state index >= 15 is 0 Å². The molecule has 1 aliphatic heterocycles. The summed E-state index contributed by atoms with van der Waals surface area (Å²) in [6.07, 6.45) is 8.09. The first-order valence-electron chi connectivity index (χ1n) is 12.0. The Morgan fingerprint density at radius 2 is 1.70 bits per heavy atom. The number of rotatable bonds is 7. The van der Waals surface area contributed by atoms with Gasteiger partial charge in [0.2, 0.25) is 5.91 Å². The minimum atomic E-state index is 0.0795. The van der Waals surface area contributed by atoms with Crippen LogP contribution in [0.4, 0.5) is 0 Å². The zero-order valence-corrected chi connectivity index (χ0v) is 19.9. The van der Waals surface area contributed by atoms with E-state index in [2.05, 4.69) is 6.07 Å². The lowest BCUT2D eigenvalue weighted by Gasteiger charge is -2.19. The second kappa shape index (κ2) is 10.6. The third-order valence-corrected chi connectivity index (χ3v) is 6.13. The van der Waals surface area contributed by atoms with E-state index in [0.29, 0.717) is 13.2 Å². The second-order valence-electron chi connectivity index (χ2n) is 8.45. The van der Waals surface area contributed by atoms with E-state index in [9.17, 15) is 4.79 Å². The van der Waals surface area contributed by atoms with Crippen molar-refractivity contribution in [3.8, 4) is 22.6 Å². The predicted molar refractivity (Wildman–Crippen MR) is 133 cm³/mol. The average molecular weight is 448 g/mol. The zero-order chi connectivity index (χ0) is 23.2. The minimum Gasteiger partial charge on any atom is -0.494 e. The number of ether oxygens (including phenoxy) is 2. The molecule has 1 saturated heterocycles. The molecule has 174 valence electrons. The molecule has 1 fully saturated rings. The molecule has 1 aliphatic rings. The van der Waals surface area contributed by atoms with Crippen molar-refractivity contribution in [1.29, 1.82) is 0 Å². The van der Waals surface area contributed by atoms with E-state index in [0.717, 1.165) is 70.7 Å². The van der Waals surface area contributed by atoms with Crippen LogP contribution in [0.2, 0.25) is 0 Å². The Balaban J connectivity index is 1.70. The molecular weight excluding hydrogens is 414 g/mol. The van der Waals surface area contributed by atoms with E-state index in [1.807, 2.05) is 56.0 Å². The van der Waals surface area contributed by atoms with Gasteiger partial charge in [0.05, 0.1) is 19.5 Å². The molecule has 2 aromatic carbocycles. The van der Waals surface area contributed by atoms with Crippen molar-refractivity contribution in [2.45, 2.75) is 46.5 Å². The summed E-state index contributed by atoms with van der Waals surface area (Å²) < 4.78 is 17.4. The Hall–Kier alpha value is -3.21. The van der Waals surface area contributed by atoms with Gasteiger partial charge in [-0.05, 0) is 62.9 Å². The van der Waals surface area contributed by atoms with Gasteiger partial charge < -0.3 is 18.8 Å². The third kappa shape index (κ3) is 5.24. The fraction of sp³-hybridized carbons (Fsp3) is 0.393. The highest BCUT2D eigenvalue weighted by atomic mass is 16.5. The lowest BCUT2D eigenvalue weighted by atomic mass is 9.99. The monoisotopic (exact) mass is 447 g/mol. The highest BCUT2D eigenvalue weighted by Gasteiger charge is 2.18. The van der Waals surface area contributed by atoms with Crippen LogP contribution in [0, 0.1) is 0 Å². The maximum atomic E-state index is 13.0. The topological polar surface area (TPSA) is 51.9 Å². The SMILES string of the molecule is CCOc1ccc(-c2coc3cc(OCC)c(/C(C)=C/C(=O)N4CCCCCC4)cc23)cc1. The van der Waals surface area contributed by atoms with Gasteiger partial charge in [-0.1, -0.05) is 25.0 Å². The molecule has 0 unspecified atom stereocenters. The Bertz CT molecular complexity index is 1120. The largest absolute Gasteiger partial charge is 0.494 e. The number of allylic oxidation sites excluding steroid dienone is 1. The number of nitrogens with zero attached hydrogens (tertiary/aromatic N) is 1. The minimum absolute atomic E-state index is 0.0795. The van der Waals surface area contributed by atoms with Crippen LogP contribution in [0.15, 0.2) is 53.2 Å². The Morgan fingerprint density at radius 1 is 1.00 bits per heavy atom. The van der Waals surface area contributed by atoms with Crippen LogP contribution in [0.25, 0.3) is 27.7 Å². The Morgan fingerprint density at radius 3 is 2.36 bits per heavy atom. The van der Waals surface area contributed by atoms with Gasteiger partial charge in [-0.3, -0.25) is 4.79 Å². The molecule has 5 nitrogen and oxygen atoms in total. The maximum Gasteiger partial charge on any atom is 0.246 e. The second-order valence-corrected chi connectivity index (χ2v) is 8.45. The quantitative estimate of drug-likeness (QED) is 0.378. The summed E-state index contributed by atoms with van der Waals surface area (Å²) in [4.78, 5) is 14.9. The van der Waals surface area contributed by atoms with Crippen LogP contribution in [0.3, 0.4) is 0 Å². The van der Waals surface area contributed by atoms with Gasteiger partial charge in [0.25, 0.3) is 0 Å². The number of hydrogen-bond acceptors (Lipinski definition) is 4. The number of furan rings is 1. The first-order chi connectivity index (χ1) is 16.1. The van der Waals surface area contributed by atoms with Crippen molar-refractivity contribution in [3.05, 3.63) is 54.3 Å². The van der Waals surface area contributed by atoms with Gasteiger partial charge in [-0.2, -0.15) is 0 Å². The van der Waals surface area contributed by atoms with Crippen LogP contribution in [0.1, 0.15) is 52.0 Å². The van der Waals surface area contributed by atoms with Gasteiger partial charge in [-0.15, -0.1) is 0 Å². The average Bonchev–Trinajstić information content (AvgIpc) is 3.03. The molecule has 2 heterocycles. The first kappa shape index (κ1) is 23.0. The van der Waals surface area contributed by atoms with Crippen molar-refractivity contribution < 1.29 is 18.7 Å². The number of benzene rings is 2. The molecule has 3 aromatic rings. The highest BCUT2D eigenvalue weighted by molar-refractivity contribution is 6.00. The number of carbonyl (C=O) groups is 1. The molecule has 33 heavy (non-hydrogen) atoms. The van der Waals surface area contributed by atoms with Gasteiger partial charge >= 0.3 is 0 Å². The highest BCUT2D eigenvalue weighted by Crippen LogP contribution is 2.38. The van der Waals surface area contributed by atoms with Crippen LogP contribution in [-0.4, -0.2) is 37.1 Å². The van der Waals surface area contributed by atoms with Crippen molar-refractivity contribution >= 4 is 22.4 Å². The lowest BCUT2D eigenvalue weighted by Crippen LogP contribution is -2.30. The number of fused-ring (bicyclic) bond motifs is 1. The molecule has 4 rings (SSSR count). The molecule has 0 saturated carbocycles.